The fourth-order valence-electron chi connectivity index (χ4n) is 12.0. The van der Waals surface area contributed by atoms with Gasteiger partial charge in [-0.2, -0.15) is 0 Å². The molecule has 0 heterocycles. The summed E-state index contributed by atoms with van der Waals surface area (Å²) in [6.07, 6.45) is 91.7. The van der Waals surface area contributed by atoms with Gasteiger partial charge in [-0.1, -0.05) is 378 Å². The second-order valence-electron chi connectivity index (χ2n) is 26.0. The number of nitrogens with one attached hydrogen (secondary N) is 1. The maximum Gasteiger partial charge on any atom is 0.305 e. The van der Waals surface area contributed by atoms with Crippen molar-refractivity contribution in [1.29, 1.82) is 0 Å². The summed E-state index contributed by atoms with van der Waals surface area (Å²) in [6.45, 7) is 4.91. The highest BCUT2D eigenvalue weighted by Gasteiger charge is 2.18. The number of hydrogen-bond acceptors (Lipinski definition) is 5. The molecule has 82 heavy (non-hydrogen) atoms. The number of hydrogen-bond donors (Lipinski definition) is 3. The molecule has 3 N–H and O–H groups in total. The largest absolute Gasteiger partial charge is 0.466 e. The van der Waals surface area contributed by atoms with Crippen molar-refractivity contribution in [3.05, 3.63) is 24.3 Å². The fraction of sp³-hybridized carbons (Fsp3) is 0.921. The molecular formula is C76H147NO5. The van der Waals surface area contributed by atoms with Gasteiger partial charge in [0.15, 0.2) is 0 Å². The second kappa shape index (κ2) is 71.8. The maximum atomic E-state index is 12.4. The minimum atomic E-state index is -0.838. The number of aliphatic hydroxyl groups is 2. The van der Waals surface area contributed by atoms with Gasteiger partial charge in [-0.15, -0.1) is 0 Å². The normalized spacial score (nSPS) is 12.6. The van der Waals surface area contributed by atoms with Crippen LogP contribution in [0.5, 0.6) is 0 Å². The molecule has 6 heteroatoms. The van der Waals surface area contributed by atoms with Crippen molar-refractivity contribution >= 4 is 11.9 Å². The van der Waals surface area contributed by atoms with E-state index in [1.165, 1.54) is 353 Å². The van der Waals surface area contributed by atoms with E-state index >= 15 is 0 Å². The molecule has 2 unspecified atom stereocenters. The van der Waals surface area contributed by atoms with Crippen molar-refractivity contribution < 1.29 is 24.5 Å². The van der Waals surface area contributed by atoms with Crippen LogP contribution in [-0.4, -0.2) is 47.4 Å². The monoisotopic (exact) mass is 1150 g/mol. The first-order chi connectivity index (χ1) is 40.5. The van der Waals surface area contributed by atoms with Gasteiger partial charge >= 0.3 is 5.97 Å². The van der Waals surface area contributed by atoms with Crippen LogP contribution in [0.2, 0.25) is 0 Å². The standard InChI is InChI=1S/C76H147NO5/c1-3-5-7-9-11-13-15-16-17-44-47-50-54-58-62-66-70-76(81)82-71-67-63-59-55-51-48-45-42-40-38-36-34-32-30-28-26-24-22-20-18-19-21-23-25-27-29-31-33-35-37-39-41-43-46-49-53-57-61-65-69-75(80)77-73(72-78)74(79)68-64-60-56-52-14-12-10-8-6-4-2/h17,44,64,68,73-74,78-79H,3-16,18-43,45-63,65-67,69-72H2,1-2H3,(H,77,80)/b44-17-,68-64+. The summed E-state index contributed by atoms with van der Waals surface area (Å²) < 4.78 is 5.50. The van der Waals surface area contributed by atoms with Gasteiger partial charge in [-0.3, -0.25) is 9.59 Å². The number of esters is 1. The zero-order valence-electron chi connectivity index (χ0n) is 55.8. The Balaban J connectivity index is 3.27. The van der Waals surface area contributed by atoms with Crippen molar-refractivity contribution in [2.45, 2.75) is 437 Å². The Morgan fingerprint density at radius 2 is 0.573 bits per heavy atom. The molecule has 0 spiro atoms. The highest BCUT2D eigenvalue weighted by molar-refractivity contribution is 5.76. The molecule has 0 aliphatic heterocycles. The Morgan fingerprint density at radius 3 is 0.866 bits per heavy atom. The van der Waals surface area contributed by atoms with E-state index < -0.39 is 12.1 Å². The fourth-order valence-corrected chi connectivity index (χ4v) is 12.0. The van der Waals surface area contributed by atoms with E-state index in [2.05, 4.69) is 31.3 Å². The van der Waals surface area contributed by atoms with Crippen molar-refractivity contribution in [1.82, 2.24) is 5.32 Å². The van der Waals surface area contributed by atoms with Gasteiger partial charge < -0.3 is 20.3 Å². The van der Waals surface area contributed by atoms with Gasteiger partial charge in [0.25, 0.3) is 0 Å². The average molecular weight is 1160 g/mol. The van der Waals surface area contributed by atoms with Gasteiger partial charge in [0.2, 0.25) is 5.91 Å². The first-order valence-electron chi connectivity index (χ1n) is 37.6. The minimum Gasteiger partial charge on any atom is -0.466 e. The van der Waals surface area contributed by atoms with E-state index in [0.717, 1.165) is 44.9 Å². The van der Waals surface area contributed by atoms with Crippen molar-refractivity contribution in [3.63, 3.8) is 0 Å². The summed E-state index contributed by atoms with van der Waals surface area (Å²) in [4.78, 5) is 24.5. The van der Waals surface area contributed by atoms with Crippen LogP contribution in [0.25, 0.3) is 0 Å². The van der Waals surface area contributed by atoms with Crippen LogP contribution in [0.3, 0.4) is 0 Å². The van der Waals surface area contributed by atoms with Crippen LogP contribution in [-0.2, 0) is 14.3 Å². The third-order valence-electron chi connectivity index (χ3n) is 17.7. The lowest BCUT2D eigenvalue weighted by molar-refractivity contribution is -0.143. The maximum absolute atomic E-state index is 12.4. The number of rotatable bonds is 71. The summed E-state index contributed by atoms with van der Waals surface area (Å²) in [6, 6.07) is -0.621. The first-order valence-corrected chi connectivity index (χ1v) is 37.6. The summed E-state index contributed by atoms with van der Waals surface area (Å²) in [5.74, 6) is -0.0448. The average Bonchev–Trinajstić information content (AvgIpc) is 3.48. The molecule has 0 aromatic carbocycles. The van der Waals surface area contributed by atoms with Gasteiger partial charge in [0.1, 0.15) is 0 Å². The van der Waals surface area contributed by atoms with Crippen molar-refractivity contribution in [3.8, 4) is 0 Å². The zero-order valence-corrected chi connectivity index (χ0v) is 55.8. The number of ether oxygens (including phenoxy) is 1. The smallest absolute Gasteiger partial charge is 0.305 e. The molecule has 0 radical (unpaired) electrons. The molecule has 0 aromatic rings. The first kappa shape index (κ1) is 80.3. The highest BCUT2D eigenvalue weighted by atomic mass is 16.5. The summed E-state index contributed by atoms with van der Waals surface area (Å²) in [7, 11) is 0. The third-order valence-corrected chi connectivity index (χ3v) is 17.7. The summed E-state index contributed by atoms with van der Waals surface area (Å²) in [5, 5.41) is 23.0. The lowest BCUT2D eigenvalue weighted by atomic mass is 10.0. The lowest BCUT2D eigenvalue weighted by Gasteiger charge is -2.20. The van der Waals surface area contributed by atoms with Crippen molar-refractivity contribution in [2.24, 2.45) is 0 Å². The van der Waals surface area contributed by atoms with E-state index in [-0.39, 0.29) is 18.5 Å². The molecule has 6 nitrogen and oxygen atoms in total. The minimum absolute atomic E-state index is 0.0171. The summed E-state index contributed by atoms with van der Waals surface area (Å²) in [5.41, 5.74) is 0. The Bertz CT molecular complexity index is 1280. The van der Waals surface area contributed by atoms with E-state index in [4.69, 9.17) is 4.74 Å². The molecule has 0 aliphatic carbocycles. The van der Waals surface area contributed by atoms with Crippen LogP contribution >= 0.6 is 0 Å². The Morgan fingerprint density at radius 1 is 0.329 bits per heavy atom. The van der Waals surface area contributed by atoms with E-state index in [9.17, 15) is 19.8 Å². The molecule has 1 amide bonds. The quantitative estimate of drug-likeness (QED) is 0.0320. The molecule has 0 aliphatic rings. The van der Waals surface area contributed by atoms with Crippen LogP contribution in [0.4, 0.5) is 0 Å². The molecule has 0 fully saturated rings. The van der Waals surface area contributed by atoms with Crippen LogP contribution < -0.4 is 5.32 Å². The predicted molar refractivity (Wildman–Crippen MR) is 361 cm³/mol. The topological polar surface area (TPSA) is 95.9 Å². The number of unbranched alkanes of at least 4 members (excludes halogenated alkanes) is 58. The number of carbonyl (C=O) groups excluding carboxylic acids is 2. The SMILES string of the molecule is CCCCCCCCC/C=C\CCCCCCCC(=O)OCCCCCCCCCCCCCCCCCCCCCCCCCCCCCCCCCCCCCCCCCC(=O)NC(CO)C(O)/C=C/CCCCCCCCCC. The molecule has 0 saturated carbocycles. The molecular weight excluding hydrogens is 1010 g/mol. The van der Waals surface area contributed by atoms with Gasteiger partial charge in [-0.05, 0) is 57.8 Å². The van der Waals surface area contributed by atoms with Crippen LogP contribution in [0.1, 0.15) is 425 Å². The molecule has 2 atom stereocenters. The number of allylic oxidation sites excluding steroid dienone is 3. The molecule has 0 aromatic heterocycles. The molecule has 0 rings (SSSR count). The van der Waals surface area contributed by atoms with Crippen LogP contribution in [0.15, 0.2) is 24.3 Å². The second-order valence-corrected chi connectivity index (χ2v) is 26.0. The van der Waals surface area contributed by atoms with Gasteiger partial charge in [0.05, 0.1) is 25.4 Å². The molecule has 0 bridgehead atoms. The lowest BCUT2D eigenvalue weighted by Crippen LogP contribution is -2.45. The third kappa shape index (κ3) is 67.5. The van der Waals surface area contributed by atoms with Gasteiger partial charge in [-0.25, -0.2) is 0 Å². The Hall–Kier alpha value is -1.66. The zero-order chi connectivity index (χ0) is 59.2. The van der Waals surface area contributed by atoms with Crippen molar-refractivity contribution in [2.75, 3.05) is 13.2 Å². The molecule has 486 valence electrons. The predicted octanol–water partition coefficient (Wildman–Crippen LogP) is 24.5. The summed E-state index contributed by atoms with van der Waals surface area (Å²) >= 11 is 0. The van der Waals surface area contributed by atoms with Crippen LogP contribution in [0, 0.1) is 0 Å². The van der Waals surface area contributed by atoms with E-state index in [1.807, 2.05) is 6.08 Å². The highest BCUT2D eigenvalue weighted by Crippen LogP contribution is 2.19. The number of carbonyl (C=O) groups is 2. The number of aliphatic hydroxyl groups excluding tert-OH is 2. The Kier molecular flexibility index (Phi) is 70.4. The molecule has 0 saturated heterocycles. The number of amides is 1. The van der Waals surface area contributed by atoms with E-state index in [0.29, 0.717) is 19.4 Å². The van der Waals surface area contributed by atoms with E-state index in [1.54, 1.807) is 6.08 Å². The Labute approximate surface area is 513 Å². The van der Waals surface area contributed by atoms with Gasteiger partial charge in [0, 0.05) is 12.8 Å².